The molecule has 0 aromatic carbocycles. The van der Waals surface area contributed by atoms with Gasteiger partial charge in [-0.15, -0.1) is 16.4 Å². The Kier molecular flexibility index (Phi) is 4.66. The third-order valence-electron chi connectivity index (χ3n) is 4.48. The molecule has 26 heavy (non-hydrogen) atoms. The summed E-state index contributed by atoms with van der Waals surface area (Å²) < 4.78 is 2.78. The number of carbonyl (C=O) groups excluding carboxylic acids is 1. The topological polar surface area (TPSA) is 73.0 Å². The lowest BCUT2D eigenvalue weighted by Gasteiger charge is -2.26. The molecule has 1 aliphatic rings. The Morgan fingerprint density at radius 1 is 1.15 bits per heavy atom. The molecule has 7 nitrogen and oxygen atoms in total. The fraction of sp³-hybridized carbons (Fsp3) is 0.333. The molecule has 134 valence electrons. The summed E-state index contributed by atoms with van der Waals surface area (Å²) in [7, 11) is 0. The highest BCUT2D eigenvalue weighted by Gasteiger charge is 2.22. The highest BCUT2D eigenvalue weighted by Crippen LogP contribution is 2.23. The van der Waals surface area contributed by atoms with Gasteiger partial charge in [-0.05, 0) is 42.8 Å². The Hall–Kier alpha value is -2.74. The van der Waals surface area contributed by atoms with E-state index < -0.39 is 0 Å². The van der Waals surface area contributed by atoms with E-state index in [0.717, 1.165) is 37.2 Å². The zero-order valence-electron chi connectivity index (χ0n) is 14.2. The van der Waals surface area contributed by atoms with Crippen LogP contribution in [0.25, 0.3) is 16.4 Å². The molecule has 3 aromatic rings. The summed E-state index contributed by atoms with van der Waals surface area (Å²) in [6.45, 7) is 1.48. The van der Waals surface area contributed by atoms with Crippen molar-refractivity contribution < 1.29 is 4.79 Å². The molecule has 1 aliphatic heterocycles. The van der Waals surface area contributed by atoms with Crippen LogP contribution in [0.4, 0.5) is 0 Å². The van der Waals surface area contributed by atoms with E-state index in [1.807, 2.05) is 28.5 Å². The Balaban J connectivity index is 1.72. The van der Waals surface area contributed by atoms with Crippen LogP contribution in [0.5, 0.6) is 0 Å². The largest absolute Gasteiger partial charge is 0.351 e. The SMILES string of the molecule is O=C(Cn1nc(-c2cccs2)n(-c2cccnc2)c1=O)N1CCCCC1. The number of likely N-dealkylation sites (tertiary alicyclic amines) is 1. The van der Waals surface area contributed by atoms with Gasteiger partial charge in [0.15, 0.2) is 5.82 Å². The van der Waals surface area contributed by atoms with E-state index in [0.29, 0.717) is 11.5 Å². The Bertz CT molecular complexity index is 940. The van der Waals surface area contributed by atoms with Crippen molar-refractivity contribution in [2.24, 2.45) is 0 Å². The summed E-state index contributed by atoms with van der Waals surface area (Å²) in [5, 5.41) is 6.40. The second-order valence-electron chi connectivity index (χ2n) is 6.23. The van der Waals surface area contributed by atoms with E-state index in [1.54, 1.807) is 18.5 Å². The number of piperidine rings is 1. The minimum Gasteiger partial charge on any atom is -0.341 e. The number of thiophene rings is 1. The number of rotatable bonds is 4. The molecule has 0 bridgehead atoms. The molecule has 0 N–H and O–H groups in total. The summed E-state index contributed by atoms with van der Waals surface area (Å²) >= 11 is 1.50. The summed E-state index contributed by atoms with van der Waals surface area (Å²) in [6, 6.07) is 7.41. The van der Waals surface area contributed by atoms with Gasteiger partial charge in [0.25, 0.3) is 0 Å². The number of carbonyl (C=O) groups is 1. The van der Waals surface area contributed by atoms with Crippen LogP contribution in [0.15, 0.2) is 46.8 Å². The van der Waals surface area contributed by atoms with E-state index in [-0.39, 0.29) is 18.1 Å². The molecule has 0 radical (unpaired) electrons. The number of hydrogen-bond donors (Lipinski definition) is 0. The van der Waals surface area contributed by atoms with Crippen molar-refractivity contribution >= 4 is 17.2 Å². The minimum atomic E-state index is -0.327. The molecule has 4 heterocycles. The lowest BCUT2D eigenvalue weighted by Crippen LogP contribution is -2.40. The number of aromatic nitrogens is 4. The first-order valence-electron chi connectivity index (χ1n) is 8.66. The zero-order chi connectivity index (χ0) is 17.9. The molecular formula is C18H19N5O2S. The van der Waals surface area contributed by atoms with E-state index in [1.165, 1.54) is 20.6 Å². The van der Waals surface area contributed by atoms with E-state index in [9.17, 15) is 9.59 Å². The molecule has 0 saturated carbocycles. The van der Waals surface area contributed by atoms with Crippen molar-refractivity contribution in [3.05, 3.63) is 52.5 Å². The number of amides is 1. The lowest BCUT2D eigenvalue weighted by molar-refractivity contribution is -0.133. The molecule has 1 saturated heterocycles. The number of pyridine rings is 1. The second kappa shape index (κ2) is 7.25. The summed E-state index contributed by atoms with van der Waals surface area (Å²) in [5.41, 5.74) is 0.310. The van der Waals surface area contributed by atoms with Crippen molar-refractivity contribution in [3.63, 3.8) is 0 Å². The quantitative estimate of drug-likeness (QED) is 0.706. The van der Waals surface area contributed by atoms with Gasteiger partial charge in [0, 0.05) is 19.3 Å². The normalized spacial score (nSPS) is 14.5. The van der Waals surface area contributed by atoms with Crippen LogP contribution in [0.1, 0.15) is 19.3 Å². The molecule has 8 heteroatoms. The summed E-state index contributed by atoms with van der Waals surface area (Å²) in [6.07, 6.45) is 6.47. The Labute approximate surface area is 154 Å². The van der Waals surface area contributed by atoms with Crippen LogP contribution in [-0.2, 0) is 11.3 Å². The van der Waals surface area contributed by atoms with E-state index in [2.05, 4.69) is 10.1 Å². The average molecular weight is 369 g/mol. The maximum atomic E-state index is 13.0. The van der Waals surface area contributed by atoms with Gasteiger partial charge < -0.3 is 4.90 Å². The first-order valence-corrected chi connectivity index (χ1v) is 9.54. The van der Waals surface area contributed by atoms with Crippen LogP contribution in [0, 0.1) is 0 Å². The van der Waals surface area contributed by atoms with Gasteiger partial charge in [0.1, 0.15) is 6.54 Å². The third-order valence-corrected chi connectivity index (χ3v) is 5.34. The van der Waals surface area contributed by atoms with Gasteiger partial charge >= 0.3 is 5.69 Å². The molecule has 0 spiro atoms. The molecule has 1 fully saturated rings. The number of nitrogens with zero attached hydrogens (tertiary/aromatic N) is 5. The lowest BCUT2D eigenvalue weighted by atomic mass is 10.1. The second-order valence-corrected chi connectivity index (χ2v) is 7.18. The van der Waals surface area contributed by atoms with E-state index >= 15 is 0 Å². The maximum Gasteiger partial charge on any atom is 0.351 e. The Morgan fingerprint density at radius 2 is 2.00 bits per heavy atom. The van der Waals surface area contributed by atoms with Gasteiger partial charge in [0.2, 0.25) is 5.91 Å². The van der Waals surface area contributed by atoms with Crippen LogP contribution in [0.3, 0.4) is 0 Å². The molecule has 3 aromatic heterocycles. The maximum absolute atomic E-state index is 13.0. The predicted octanol–water partition coefficient (Wildman–Crippen LogP) is 2.17. The molecule has 1 amide bonds. The van der Waals surface area contributed by atoms with E-state index in [4.69, 9.17) is 0 Å². The highest BCUT2D eigenvalue weighted by molar-refractivity contribution is 7.13. The minimum absolute atomic E-state index is 0.0372. The Morgan fingerprint density at radius 3 is 2.69 bits per heavy atom. The third kappa shape index (κ3) is 3.20. The van der Waals surface area contributed by atoms with Crippen molar-refractivity contribution in [1.29, 1.82) is 0 Å². The molecule has 4 rings (SSSR count). The average Bonchev–Trinajstić information content (AvgIpc) is 3.32. The number of hydrogen-bond acceptors (Lipinski definition) is 5. The zero-order valence-corrected chi connectivity index (χ0v) is 15.1. The van der Waals surface area contributed by atoms with Gasteiger partial charge in [-0.25, -0.2) is 14.0 Å². The molecular weight excluding hydrogens is 350 g/mol. The summed E-state index contributed by atoms with van der Waals surface area (Å²) in [4.78, 5) is 32.3. The van der Waals surface area contributed by atoms with Crippen molar-refractivity contribution in [1.82, 2.24) is 24.2 Å². The van der Waals surface area contributed by atoms with Crippen LogP contribution in [0.2, 0.25) is 0 Å². The standard InChI is InChI=1S/C18H19N5O2S/c24-16(21-9-2-1-3-10-21)13-22-18(25)23(14-6-4-8-19-12-14)17(20-22)15-7-5-11-26-15/h4-8,11-12H,1-3,9-10,13H2. The molecule has 0 aliphatic carbocycles. The van der Waals surface area contributed by atoms with Crippen LogP contribution >= 0.6 is 11.3 Å². The van der Waals surface area contributed by atoms with Gasteiger partial charge in [-0.3, -0.25) is 9.78 Å². The van der Waals surface area contributed by atoms with Gasteiger partial charge in [-0.1, -0.05) is 6.07 Å². The first kappa shape index (κ1) is 16.7. The van der Waals surface area contributed by atoms with Crippen molar-refractivity contribution in [2.45, 2.75) is 25.8 Å². The predicted molar refractivity (Wildman–Crippen MR) is 99.4 cm³/mol. The van der Waals surface area contributed by atoms with Gasteiger partial charge in [-0.2, -0.15) is 0 Å². The fourth-order valence-electron chi connectivity index (χ4n) is 3.17. The summed E-state index contributed by atoms with van der Waals surface area (Å²) in [5.74, 6) is 0.477. The van der Waals surface area contributed by atoms with Gasteiger partial charge in [0.05, 0.1) is 16.8 Å². The highest BCUT2D eigenvalue weighted by atomic mass is 32.1. The van der Waals surface area contributed by atoms with Crippen molar-refractivity contribution in [2.75, 3.05) is 13.1 Å². The van der Waals surface area contributed by atoms with Crippen molar-refractivity contribution in [3.8, 4) is 16.4 Å². The first-order chi connectivity index (χ1) is 12.7. The van der Waals surface area contributed by atoms with Crippen LogP contribution < -0.4 is 5.69 Å². The smallest absolute Gasteiger partial charge is 0.341 e. The van der Waals surface area contributed by atoms with Crippen LogP contribution in [-0.4, -0.2) is 43.2 Å². The fourth-order valence-corrected chi connectivity index (χ4v) is 3.86. The monoisotopic (exact) mass is 369 g/mol. The molecule has 0 unspecified atom stereocenters. The molecule has 0 atom stereocenters.